The maximum absolute atomic E-state index is 13.8. The van der Waals surface area contributed by atoms with Crippen LogP contribution in [-0.4, -0.2) is 59.2 Å². The molecule has 1 spiro atoms. The van der Waals surface area contributed by atoms with Crippen molar-refractivity contribution >= 4 is 18.4 Å². The molecule has 1 heterocycles. The van der Waals surface area contributed by atoms with Crippen molar-refractivity contribution in [3.05, 3.63) is 29.8 Å². The summed E-state index contributed by atoms with van der Waals surface area (Å²) in [6.07, 6.45) is 4.57. The predicted molar refractivity (Wildman–Crippen MR) is 168 cm³/mol. The SMILES string of the molecule is Cc1ccc(S(=O)(=O)O[C@@H]2C3C[C@@H](O[Si](C)(C)C(C)(C)C)CC[C@]3(C)C3CC[C@@]4(C)C(CCC45OCCO5)C3[C@H]2O)cc1. The Morgan fingerprint density at radius 2 is 1.56 bits per heavy atom. The van der Waals surface area contributed by atoms with Crippen molar-refractivity contribution in [2.24, 2.45) is 34.5 Å². The van der Waals surface area contributed by atoms with Gasteiger partial charge in [-0.25, -0.2) is 0 Å². The summed E-state index contributed by atoms with van der Waals surface area (Å²) >= 11 is 0. The highest BCUT2D eigenvalue weighted by molar-refractivity contribution is 7.86. The lowest BCUT2D eigenvalue weighted by Crippen LogP contribution is -2.66. The largest absolute Gasteiger partial charge is 0.414 e. The van der Waals surface area contributed by atoms with Gasteiger partial charge in [-0.2, -0.15) is 8.42 Å². The molecule has 7 nitrogen and oxygen atoms in total. The van der Waals surface area contributed by atoms with E-state index in [4.69, 9.17) is 18.1 Å². The highest BCUT2D eigenvalue weighted by atomic mass is 32.2. The molecule has 1 aromatic rings. The summed E-state index contributed by atoms with van der Waals surface area (Å²) in [5.74, 6) is -0.363. The molecule has 4 unspecified atom stereocenters. The van der Waals surface area contributed by atoms with Crippen LogP contribution in [-0.2, 0) is 28.2 Å². The van der Waals surface area contributed by atoms with Gasteiger partial charge in [-0.05, 0) is 105 Å². The van der Waals surface area contributed by atoms with E-state index in [1.807, 2.05) is 6.92 Å². The molecule has 9 atom stereocenters. The smallest absolute Gasteiger partial charge is 0.297 e. The van der Waals surface area contributed by atoms with Gasteiger partial charge in [-0.3, -0.25) is 4.18 Å². The summed E-state index contributed by atoms with van der Waals surface area (Å²) in [5, 5.41) is 12.5. The van der Waals surface area contributed by atoms with Gasteiger partial charge in [0.05, 0.1) is 24.2 Å². The zero-order chi connectivity index (χ0) is 31.2. The van der Waals surface area contributed by atoms with Crippen LogP contribution < -0.4 is 0 Å². The van der Waals surface area contributed by atoms with Crippen LogP contribution in [0.4, 0.5) is 0 Å². The Labute approximate surface area is 260 Å². The quantitative estimate of drug-likeness (QED) is 0.281. The number of ether oxygens (including phenoxy) is 2. The van der Waals surface area contributed by atoms with Crippen LogP contribution in [0, 0.1) is 41.4 Å². The monoisotopic (exact) mass is 634 g/mol. The first-order chi connectivity index (χ1) is 19.9. The van der Waals surface area contributed by atoms with Crippen molar-refractivity contribution in [2.75, 3.05) is 13.2 Å². The molecule has 0 aromatic heterocycles. The van der Waals surface area contributed by atoms with Crippen molar-refractivity contribution in [1.82, 2.24) is 0 Å². The number of benzene rings is 1. The standard InChI is InChI=1S/C34H54O7SSi/c1-22-9-11-24(12-10-22)42(36,37)40-30-27-21-23(41-43(7,8)31(2,3)4)13-16-32(27,5)25-14-17-33(6)26(28(25)29(30)35)15-18-34(33)38-19-20-39-34/h9-12,23,25-30,35H,13-21H2,1-8H3/t23-,25?,26?,27?,28?,29+,30+,32+,33-/m0/s1. The fourth-order valence-corrected chi connectivity index (χ4v) is 12.3. The maximum atomic E-state index is 13.8. The van der Waals surface area contributed by atoms with Crippen molar-refractivity contribution in [1.29, 1.82) is 0 Å². The van der Waals surface area contributed by atoms with E-state index in [0.717, 1.165) is 44.1 Å². The van der Waals surface area contributed by atoms with Crippen LogP contribution in [0.3, 0.4) is 0 Å². The summed E-state index contributed by atoms with van der Waals surface area (Å²) in [7, 11) is -6.15. The predicted octanol–water partition coefficient (Wildman–Crippen LogP) is 6.83. The van der Waals surface area contributed by atoms with Gasteiger partial charge >= 0.3 is 0 Å². The first kappa shape index (κ1) is 32.1. The number of aliphatic hydroxyl groups excluding tert-OH is 1. The van der Waals surface area contributed by atoms with Gasteiger partial charge in [0.2, 0.25) is 0 Å². The number of hydrogen-bond donors (Lipinski definition) is 1. The van der Waals surface area contributed by atoms with E-state index in [9.17, 15) is 13.5 Å². The highest BCUT2D eigenvalue weighted by Crippen LogP contribution is 2.70. The molecule has 0 amide bonds. The highest BCUT2D eigenvalue weighted by Gasteiger charge is 2.70. The zero-order valence-corrected chi connectivity index (χ0v) is 29.3. The Kier molecular flexibility index (Phi) is 7.93. The Bertz CT molecular complexity index is 1300. The number of hydrogen-bond acceptors (Lipinski definition) is 7. The van der Waals surface area contributed by atoms with Crippen LogP contribution in [0.2, 0.25) is 18.1 Å². The molecule has 4 saturated carbocycles. The first-order valence-corrected chi connectivity index (χ1v) is 20.9. The van der Waals surface area contributed by atoms with E-state index in [-0.39, 0.29) is 50.5 Å². The second-order valence-electron chi connectivity index (χ2n) is 16.4. The van der Waals surface area contributed by atoms with Crippen molar-refractivity contribution in [3.63, 3.8) is 0 Å². The van der Waals surface area contributed by atoms with Crippen LogP contribution >= 0.6 is 0 Å². The van der Waals surface area contributed by atoms with E-state index in [1.165, 1.54) is 0 Å². The number of rotatable bonds is 5. The molecule has 5 aliphatic rings. The third kappa shape index (κ3) is 5.03. The van der Waals surface area contributed by atoms with Gasteiger partial charge in [0.15, 0.2) is 14.1 Å². The molecule has 1 saturated heterocycles. The lowest BCUT2D eigenvalue weighted by molar-refractivity contribution is -0.266. The topological polar surface area (TPSA) is 91.3 Å². The van der Waals surface area contributed by atoms with Gasteiger partial charge in [0.25, 0.3) is 10.1 Å². The number of fused-ring (bicyclic) bond motifs is 6. The Morgan fingerprint density at radius 1 is 0.930 bits per heavy atom. The van der Waals surface area contributed by atoms with Crippen LogP contribution in [0.1, 0.15) is 85.1 Å². The molecule has 1 aromatic carbocycles. The van der Waals surface area contributed by atoms with E-state index < -0.39 is 36.4 Å². The van der Waals surface area contributed by atoms with E-state index >= 15 is 0 Å². The summed E-state index contributed by atoms with van der Waals surface area (Å²) in [6.45, 7) is 19.1. The summed E-state index contributed by atoms with van der Waals surface area (Å²) in [6, 6.07) is 6.81. The lowest BCUT2D eigenvalue weighted by Gasteiger charge is -2.64. The fraction of sp³-hybridized carbons (Fsp3) is 0.824. The minimum Gasteiger partial charge on any atom is -0.414 e. The molecular weight excluding hydrogens is 581 g/mol. The van der Waals surface area contributed by atoms with Crippen LogP contribution in [0.5, 0.6) is 0 Å². The maximum Gasteiger partial charge on any atom is 0.297 e. The molecule has 43 heavy (non-hydrogen) atoms. The van der Waals surface area contributed by atoms with Gasteiger partial charge in [0.1, 0.15) is 6.10 Å². The van der Waals surface area contributed by atoms with Crippen molar-refractivity contribution in [2.45, 2.75) is 134 Å². The number of aryl methyl sites for hydroxylation is 1. The van der Waals surface area contributed by atoms with Gasteiger partial charge in [-0.1, -0.05) is 52.3 Å². The summed E-state index contributed by atoms with van der Waals surface area (Å²) in [5.41, 5.74) is 0.592. The minimum absolute atomic E-state index is 0.0276. The normalized spacial score (nSPS) is 41.1. The molecule has 242 valence electrons. The summed E-state index contributed by atoms with van der Waals surface area (Å²) in [4.78, 5) is 0.139. The lowest BCUT2D eigenvalue weighted by atomic mass is 9.43. The molecule has 6 rings (SSSR count). The molecule has 0 radical (unpaired) electrons. The molecule has 0 bridgehead atoms. The van der Waals surface area contributed by atoms with E-state index in [1.54, 1.807) is 24.3 Å². The molecule has 9 heteroatoms. The fourth-order valence-electron chi connectivity index (χ4n) is 9.81. The van der Waals surface area contributed by atoms with E-state index in [0.29, 0.717) is 19.6 Å². The number of aliphatic hydroxyl groups is 1. The minimum atomic E-state index is -4.10. The van der Waals surface area contributed by atoms with Crippen molar-refractivity contribution < 1.29 is 31.6 Å². The summed E-state index contributed by atoms with van der Waals surface area (Å²) < 4.78 is 53.6. The van der Waals surface area contributed by atoms with Crippen LogP contribution in [0.25, 0.3) is 0 Å². The van der Waals surface area contributed by atoms with Crippen molar-refractivity contribution in [3.8, 4) is 0 Å². The Balaban J connectivity index is 1.37. The molecular formula is C34H54O7SSi. The molecule has 5 fully saturated rings. The average molecular weight is 635 g/mol. The third-order valence-electron chi connectivity index (χ3n) is 13.3. The van der Waals surface area contributed by atoms with Gasteiger partial charge in [-0.15, -0.1) is 0 Å². The van der Waals surface area contributed by atoms with E-state index in [2.05, 4.69) is 47.7 Å². The zero-order valence-electron chi connectivity index (χ0n) is 27.5. The first-order valence-electron chi connectivity index (χ1n) is 16.6. The van der Waals surface area contributed by atoms with Gasteiger partial charge in [0, 0.05) is 17.9 Å². The average Bonchev–Trinajstić information content (AvgIpc) is 3.52. The Hall–Kier alpha value is -0.813. The molecule has 1 aliphatic heterocycles. The third-order valence-corrected chi connectivity index (χ3v) is 19.1. The second-order valence-corrected chi connectivity index (χ2v) is 22.8. The molecule has 4 aliphatic carbocycles. The Morgan fingerprint density at radius 3 is 2.19 bits per heavy atom. The molecule has 1 N–H and O–H groups in total. The second kappa shape index (κ2) is 10.6. The van der Waals surface area contributed by atoms with Crippen LogP contribution in [0.15, 0.2) is 29.2 Å². The van der Waals surface area contributed by atoms with Gasteiger partial charge < -0.3 is 19.0 Å².